The highest BCUT2D eigenvalue weighted by Gasteiger charge is 2.18. The summed E-state index contributed by atoms with van der Waals surface area (Å²) in [7, 11) is 0. The van der Waals surface area contributed by atoms with E-state index < -0.39 is 0 Å². The van der Waals surface area contributed by atoms with Gasteiger partial charge in [0.1, 0.15) is 11.5 Å². The van der Waals surface area contributed by atoms with Crippen LogP contribution in [0.4, 0.5) is 4.39 Å². The molecule has 1 aromatic heterocycles. The Bertz CT molecular complexity index is 763. The molecule has 2 aromatic carbocycles. The number of halogens is 1. The van der Waals surface area contributed by atoms with E-state index in [9.17, 15) is 9.50 Å². The minimum atomic E-state index is -0.351. The first-order chi connectivity index (χ1) is 10.2. The van der Waals surface area contributed by atoms with E-state index in [0.717, 1.165) is 11.1 Å². The van der Waals surface area contributed by atoms with Crippen LogP contribution in [0.2, 0.25) is 0 Å². The molecule has 3 aromatic rings. The maximum absolute atomic E-state index is 13.3. The molecule has 106 valence electrons. The van der Waals surface area contributed by atoms with Gasteiger partial charge in [-0.15, -0.1) is 0 Å². The minimum absolute atomic E-state index is 0.224. The third kappa shape index (κ3) is 2.58. The molecule has 0 aliphatic rings. The number of rotatable bonds is 3. The molecule has 0 atom stereocenters. The van der Waals surface area contributed by atoms with Gasteiger partial charge in [0.2, 0.25) is 0 Å². The Balaban J connectivity index is 2.11. The predicted octanol–water partition coefficient (Wildman–Crippen LogP) is 3.95. The molecule has 0 aliphatic carbocycles. The Morgan fingerprint density at radius 3 is 2.52 bits per heavy atom. The lowest BCUT2D eigenvalue weighted by molar-refractivity contribution is 0.281. The van der Waals surface area contributed by atoms with E-state index in [1.54, 1.807) is 12.1 Å². The average Bonchev–Trinajstić information content (AvgIpc) is 2.92. The van der Waals surface area contributed by atoms with Gasteiger partial charge in [-0.1, -0.05) is 47.1 Å². The van der Waals surface area contributed by atoms with Crippen LogP contribution in [0, 0.1) is 12.7 Å². The van der Waals surface area contributed by atoms with E-state index in [-0.39, 0.29) is 12.4 Å². The fourth-order valence-electron chi connectivity index (χ4n) is 2.25. The lowest BCUT2D eigenvalue weighted by Gasteiger charge is -2.02. The molecule has 0 saturated heterocycles. The first kappa shape index (κ1) is 13.5. The van der Waals surface area contributed by atoms with Crippen molar-refractivity contribution >= 4 is 0 Å². The summed E-state index contributed by atoms with van der Waals surface area (Å²) < 4.78 is 18.7. The second-order valence-corrected chi connectivity index (χ2v) is 4.87. The number of aliphatic hydroxyl groups excluding tert-OH is 1. The van der Waals surface area contributed by atoms with E-state index in [1.165, 1.54) is 12.1 Å². The van der Waals surface area contributed by atoms with Crippen molar-refractivity contribution in [1.29, 1.82) is 0 Å². The predicted molar refractivity (Wildman–Crippen MR) is 78.0 cm³/mol. The number of aliphatic hydroxyl groups is 1. The van der Waals surface area contributed by atoms with Crippen LogP contribution >= 0.6 is 0 Å². The molecule has 1 heterocycles. The molecule has 0 amide bonds. The molecule has 4 heteroatoms. The van der Waals surface area contributed by atoms with E-state index in [0.29, 0.717) is 22.6 Å². The van der Waals surface area contributed by atoms with Crippen molar-refractivity contribution in [2.75, 3.05) is 0 Å². The maximum Gasteiger partial charge on any atom is 0.173 e. The van der Waals surface area contributed by atoms with E-state index in [4.69, 9.17) is 4.52 Å². The van der Waals surface area contributed by atoms with Gasteiger partial charge in [0.15, 0.2) is 5.76 Å². The molecule has 0 radical (unpaired) electrons. The van der Waals surface area contributed by atoms with E-state index in [1.807, 2.05) is 31.2 Å². The molecule has 3 nitrogen and oxygen atoms in total. The molecule has 0 spiro atoms. The summed E-state index contributed by atoms with van der Waals surface area (Å²) in [6.07, 6.45) is 0. The Kier molecular flexibility index (Phi) is 3.54. The van der Waals surface area contributed by atoms with Crippen molar-refractivity contribution in [2.45, 2.75) is 13.5 Å². The molecule has 3 rings (SSSR count). The number of benzene rings is 2. The fraction of sp³-hybridized carbons (Fsp3) is 0.118. The molecule has 1 N–H and O–H groups in total. The molecule has 21 heavy (non-hydrogen) atoms. The second-order valence-electron chi connectivity index (χ2n) is 4.87. The highest BCUT2D eigenvalue weighted by molar-refractivity contribution is 5.72. The maximum atomic E-state index is 13.3. The van der Waals surface area contributed by atoms with Crippen LogP contribution < -0.4 is 0 Å². The number of nitrogens with zero attached hydrogens (tertiary/aromatic N) is 1. The second kappa shape index (κ2) is 5.50. The fourth-order valence-corrected chi connectivity index (χ4v) is 2.25. The Labute approximate surface area is 121 Å². The third-order valence-electron chi connectivity index (χ3n) is 3.36. The number of hydrogen-bond donors (Lipinski definition) is 1. The van der Waals surface area contributed by atoms with Crippen molar-refractivity contribution in [1.82, 2.24) is 5.16 Å². The van der Waals surface area contributed by atoms with Crippen LogP contribution in [-0.2, 0) is 6.61 Å². The zero-order chi connectivity index (χ0) is 14.8. The van der Waals surface area contributed by atoms with Gasteiger partial charge in [-0.3, -0.25) is 0 Å². The number of aromatic nitrogens is 1. The normalized spacial score (nSPS) is 10.8. The highest BCUT2D eigenvalue weighted by Crippen LogP contribution is 2.32. The first-order valence-electron chi connectivity index (χ1n) is 6.61. The van der Waals surface area contributed by atoms with E-state index in [2.05, 4.69) is 5.16 Å². The Morgan fingerprint density at radius 1 is 1.10 bits per heavy atom. The smallest absolute Gasteiger partial charge is 0.173 e. The third-order valence-corrected chi connectivity index (χ3v) is 3.36. The van der Waals surface area contributed by atoms with Gasteiger partial charge in [0.05, 0.1) is 12.2 Å². The largest absolute Gasteiger partial charge is 0.391 e. The molecule has 0 saturated carbocycles. The summed E-state index contributed by atoms with van der Waals surface area (Å²) in [4.78, 5) is 0. The zero-order valence-corrected chi connectivity index (χ0v) is 11.5. The summed E-state index contributed by atoms with van der Waals surface area (Å²) in [6, 6.07) is 13.8. The first-order valence-corrected chi connectivity index (χ1v) is 6.61. The number of hydrogen-bond acceptors (Lipinski definition) is 3. The Hall–Kier alpha value is -2.46. The van der Waals surface area contributed by atoms with Crippen molar-refractivity contribution in [3.63, 3.8) is 0 Å². The SMILES string of the molecule is Cc1ccc(-c2onc(-c3cccc(F)c3)c2CO)cc1. The Morgan fingerprint density at radius 2 is 1.86 bits per heavy atom. The van der Waals surface area contributed by atoms with Gasteiger partial charge < -0.3 is 9.63 Å². The summed E-state index contributed by atoms with van der Waals surface area (Å²) >= 11 is 0. The standard InChI is InChI=1S/C17H14FNO2/c1-11-5-7-12(8-6-11)17-15(10-20)16(19-21-17)13-3-2-4-14(18)9-13/h2-9,20H,10H2,1H3. The molecular formula is C17H14FNO2. The van der Waals surface area contributed by atoms with Crippen LogP contribution in [0.5, 0.6) is 0 Å². The quantitative estimate of drug-likeness (QED) is 0.791. The van der Waals surface area contributed by atoms with Crippen molar-refractivity contribution < 1.29 is 14.0 Å². The summed E-state index contributed by atoms with van der Waals surface area (Å²) in [5, 5.41) is 13.6. The van der Waals surface area contributed by atoms with Gasteiger partial charge in [-0.2, -0.15) is 0 Å². The molecule has 0 fully saturated rings. The van der Waals surface area contributed by atoms with Gasteiger partial charge in [0, 0.05) is 11.1 Å². The lowest BCUT2D eigenvalue weighted by Crippen LogP contribution is -1.89. The van der Waals surface area contributed by atoms with Crippen molar-refractivity contribution in [2.24, 2.45) is 0 Å². The van der Waals surface area contributed by atoms with Gasteiger partial charge in [-0.05, 0) is 19.1 Å². The topological polar surface area (TPSA) is 46.3 Å². The number of aryl methyl sites for hydroxylation is 1. The van der Waals surface area contributed by atoms with Gasteiger partial charge in [0.25, 0.3) is 0 Å². The van der Waals surface area contributed by atoms with Crippen molar-refractivity contribution in [3.05, 3.63) is 65.5 Å². The monoisotopic (exact) mass is 283 g/mol. The highest BCUT2D eigenvalue weighted by atomic mass is 19.1. The van der Waals surface area contributed by atoms with Crippen molar-refractivity contribution in [3.8, 4) is 22.6 Å². The van der Waals surface area contributed by atoms with Crippen LogP contribution in [0.3, 0.4) is 0 Å². The van der Waals surface area contributed by atoms with Gasteiger partial charge >= 0.3 is 0 Å². The molecule has 0 bridgehead atoms. The average molecular weight is 283 g/mol. The molecule has 0 aliphatic heterocycles. The van der Waals surface area contributed by atoms with Crippen LogP contribution in [-0.4, -0.2) is 10.3 Å². The van der Waals surface area contributed by atoms with E-state index >= 15 is 0 Å². The van der Waals surface area contributed by atoms with Gasteiger partial charge in [-0.25, -0.2) is 4.39 Å². The van der Waals surface area contributed by atoms with Crippen LogP contribution in [0.15, 0.2) is 53.1 Å². The van der Waals surface area contributed by atoms with Crippen LogP contribution in [0.25, 0.3) is 22.6 Å². The molecule has 0 unspecified atom stereocenters. The molecular weight excluding hydrogens is 269 g/mol. The summed E-state index contributed by atoms with van der Waals surface area (Å²) in [6.45, 7) is 1.77. The zero-order valence-electron chi connectivity index (χ0n) is 11.5. The van der Waals surface area contributed by atoms with Crippen LogP contribution in [0.1, 0.15) is 11.1 Å². The lowest BCUT2D eigenvalue weighted by atomic mass is 10.0. The minimum Gasteiger partial charge on any atom is -0.391 e. The summed E-state index contributed by atoms with van der Waals surface area (Å²) in [5.41, 5.74) is 3.58. The summed E-state index contributed by atoms with van der Waals surface area (Å²) in [5.74, 6) is 0.160.